The van der Waals surface area contributed by atoms with Crippen molar-refractivity contribution in [1.29, 1.82) is 5.26 Å². The highest BCUT2D eigenvalue weighted by Gasteiger charge is 2.06. The van der Waals surface area contributed by atoms with Gasteiger partial charge in [-0.15, -0.1) is 11.8 Å². The van der Waals surface area contributed by atoms with Crippen molar-refractivity contribution in [3.63, 3.8) is 0 Å². The molecular weight excluding hydrogens is 206 g/mol. The number of nitrogens with two attached hydrogens (primary N) is 1. The number of hydrogen-bond acceptors (Lipinski definition) is 4. The van der Waals surface area contributed by atoms with Crippen molar-refractivity contribution < 1.29 is 0 Å². The standard InChI is InChI=1S/C11H15N3S/c1-8(13)7-14-10-4-3-5-11(15-2)9(10)6-12/h3-5,8,14H,7,13H2,1-2H3. The Morgan fingerprint density at radius 3 is 2.87 bits per heavy atom. The summed E-state index contributed by atoms with van der Waals surface area (Å²) >= 11 is 1.57. The number of anilines is 1. The van der Waals surface area contributed by atoms with E-state index in [1.54, 1.807) is 11.8 Å². The summed E-state index contributed by atoms with van der Waals surface area (Å²) in [5.74, 6) is 0. The Morgan fingerprint density at radius 1 is 1.60 bits per heavy atom. The van der Waals surface area contributed by atoms with E-state index in [4.69, 9.17) is 11.0 Å². The van der Waals surface area contributed by atoms with Crippen molar-refractivity contribution in [3.05, 3.63) is 23.8 Å². The van der Waals surface area contributed by atoms with E-state index in [-0.39, 0.29) is 6.04 Å². The fourth-order valence-corrected chi connectivity index (χ4v) is 1.81. The lowest BCUT2D eigenvalue weighted by molar-refractivity contribution is 0.780. The number of nitriles is 1. The van der Waals surface area contributed by atoms with Crippen LogP contribution in [0.4, 0.5) is 5.69 Å². The molecule has 15 heavy (non-hydrogen) atoms. The average Bonchev–Trinajstić information content (AvgIpc) is 2.25. The van der Waals surface area contributed by atoms with Crippen LogP contribution in [0.25, 0.3) is 0 Å². The number of nitrogens with zero attached hydrogens (tertiary/aromatic N) is 1. The topological polar surface area (TPSA) is 61.8 Å². The van der Waals surface area contributed by atoms with Gasteiger partial charge in [-0.25, -0.2) is 0 Å². The largest absolute Gasteiger partial charge is 0.382 e. The third-order valence-electron chi connectivity index (χ3n) is 1.97. The highest BCUT2D eigenvalue weighted by molar-refractivity contribution is 7.98. The van der Waals surface area contributed by atoms with Crippen LogP contribution >= 0.6 is 11.8 Å². The summed E-state index contributed by atoms with van der Waals surface area (Å²) in [6.45, 7) is 2.60. The lowest BCUT2D eigenvalue weighted by Gasteiger charge is -2.12. The Balaban J connectivity index is 2.92. The van der Waals surface area contributed by atoms with Crippen LogP contribution in [0.5, 0.6) is 0 Å². The molecule has 0 aliphatic carbocycles. The molecule has 3 nitrogen and oxygen atoms in total. The van der Waals surface area contributed by atoms with Gasteiger partial charge in [0.05, 0.1) is 11.3 Å². The molecule has 1 rings (SSSR count). The van der Waals surface area contributed by atoms with E-state index in [2.05, 4.69) is 11.4 Å². The Hall–Kier alpha value is -1.18. The van der Waals surface area contributed by atoms with Crippen LogP contribution in [0.15, 0.2) is 23.1 Å². The Kier molecular flexibility index (Phi) is 4.47. The second-order valence-electron chi connectivity index (χ2n) is 3.35. The molecule has 1 unspecified atom stereocenters. The van der Waals surface area contributed by atoms with E-state index in [0.29, 0.717) is 12.1 Å². The van der Waals surface area contributed by atoms with E-state index in [9.17, 15) is 0 Å². The summed E-state index contributed by atoms with van der Waals surface area (Å²) in [4.78, 5) is 0.993. The number of rotatable bonds is 4. The Labute approximate surface area is 94.7 Å². The SMILES string of the molecule is CSc1cccc(NCC(C)N)c1C#N. The summed E-state index contributed by atoms with van der Waals surface area (Å²) in [6, 6.07) is 8.08. The molecule has 0 bridgehead atoms. The number of hydrogen-bond donors (Lipinski definition) is 2. The molecule has 0 radical (unpaired) electrons. The van der Waals surface area contributed by atoms with E-state index >= 15 is 0 Å². The molecule has 1 aromatic rings. The van der Waals surface area contributed by atoms with Crippen LogP contribution in [0.2, 0.25) is 0 Å². The predicted octanol–water partition coefficient (Wildman–Crippen LogP) is 2.04. The van der Waals surface area contributed by atoms with E-state index in [1.807, 2.05) is 31.4 Å². The number of benzene rings is 1. The molecule has 0 spiro atoms. The second-order valence-corrected chi connectivity index (χ2v) is 4.20. The minimum Gasteiger partial charge on any atom is -0.382 e. The molecule has 0 saturated carbocycles. The van der Waals surface area contributed by atoms with Gasteiger partial charge >= 0.3 is 0 Å². The molecule has 0 fully saturated rings. The van der Waals surface area contributed by atoms with Gasteiger partial charge in [-0.05, 0) is 25.3 Å². The maximum absolute atomic E-state index is 9.06. The summed E-state index contributed by atoms with van der Waals surface area (Å²) in [5.41, 5.74) is 7.21. The van der Waals surface area contributed by atoms with Gasteiger partial charge in [-0.3, -0.25) is 0 Å². The van der Waals surface area contributed by atoms with E-state index < -0.39 is 0 Å². The zero-order valence-corrected chi connectivity index (χ0v) is 9.77. The lowest BCUT2D eigenvalue weighted by atomic mass is 10.2. The average molecular weight is 221 g/mol. The monoisotopic (exact) mass is 221 g/mol. The lowest BCUT2D eigenvalue weighted by Crippen LogP contribution is -2.25. The first-order chi connectivity index (χ1) is 7.19. The van der Waals surface area contributed by atoms with Crippen molar-refractivity contribution in [2.45, 2.75) is 17.9 Å². The maximum Gasteiger partial charge on any atom is 0.102 e. The van der Waals surface area contributed by atoms with Gasteiger partial charge in [0.25, 0.3) is 0 Å². The smallest absolute Gasteiger partial charge is 0.102 e. The first kappa shape index (κ1) is 11.9. The van der Waals surface area contributed by atoms with Crippen molar-refractivity contribution in [2.24, 2.45) is 5.73 Å². The van der Waals surface area contributed by atoms with E-state index in [1.165, 1.54) is 0 Å². The number of thioether (sulfide) groups is 1. The Bertz CT molecular complexity index is 369. The molecule has 0 heterocycles. The summed E-state index contributed by atoms with van der Waals surface area (Å²) < 4.78 is 0. The fraction of sp³-hybridized carbons (Fsp3) is 0.364. The van der Waals surface area contributed by atoms with Crippen molar-refractivity contribution in [1.82, 2.24) is 0 Å². The third kappa shape index (κ3) is 3.15. The normalized spacial score (nSPS) is 11.9. The minimum atomic E-state index is 0.0782. The molecule has 3 N–H and O–H groups in total. The van der Waals surface area contributed by atoms with Gasteiger partial charge in [0, 0.05) is 17.5 Å². The highest BCUT2D eigenvalue weighted by atomic mass is 32.2. The van der Waals surface area contributed by atoms with Crippen molar-refractivity contribution in [2.75, 3.05) is 18.1 Å². The molecule has 80 valence electrons. The summed E-state index contributed by atoms with van der Waals surface area (Å²) in [6.07, 6.45) is 1.96. The fourth-order valence-electron chi connectivity index (χ4n) is 1.23. The summed E-state index contributed by atoms with van der Waals surface area (Å²) in [7, 11) is 0. The molecule has 1 atom stereocenters. The molecule has 0 amide bonds. The Morgan fingerprint density at radius 2 is 2.33 bits per heavy atom. The van der Waals surface area contributed by atoms with Gasteiger partial charge in [0.15, 0.2) is 0 Å². The van der Waals surface area contributed by atoms with Gasteiger partial charge in [-0.2, -0.15) is 5.26 Å². The van der Waals surface area contributed by atoms with Crippen LogP contribution in [-0.4, -0.2) is 18.8 Å². The molecule has 0 aliphatic rings. The van der Waals surface area contributed by atoms with Crippen molar-refractivity contribution >= 4 is 17.4 Å². The third-order valence-corrected chi connectivity index (χ3v) is 2.75. The zero-order valence-electron chi connectivity index (χ0n) is 8.95. The van der Waals surface area contributed by atoms with Crippen LogP contribution in [-0.2, 0) is 0 Å². The van der Waals surface area contributed by atoms with Crippen LogP contribution in [0, 0.1) is 11.3 Å². The molecule has 0 saturated heterocycles. The molecule has 0 aromatic heterocycles. The van der Waals surface area contributed by atoms with E-state index in [0.717, 1.165) is 10.6 Å². The van der Waals surface area contributed by atoms with Gasteiger partial charge in [0.1, 0.15) is 6.07 Å². The number of nitrogens with one attached hydrogen (secondary N) is 1. The maximum atomic E-state index is 9.06. The van der Waals surface area contributed by atoms with Crippen LogP contribution in [0.3, 0.4) is 0 Å². The first-order valence-corrected chi connectivity index (χ1v) is 5.98. The van der Waals surface area contributed by atoms with Crippen LogP contribution < -0.4 is 11.1 Å². The first-order valence-electron chi connectivity index (χ1n) is 4.75. The molecule has 1 aromatic carbocycles. The quantitative estimate of drug-likeness (QED) is 0.764. The highest BCUT2D eigenvalue weighted by Crippen LogP contribution is 2.25. The zero-order chi connectivity index (χ0) is 11.3. The van der Waals surface area contributed by atoms with Gasteiger partial charge < -0.3 is 11.1 Å². The molecular formula is C11H15N3S. The summed E-state index contributed by atoms with van der Waals surface area (Å²) in [5, 5.41) is 12.2. The second kappa shape index (κ2) is 5.64. The van der Waals surface area contributed by atoms with Gasteiger partial charge in [0.2, 0.25) is 0 Å². The minimum absolute atomic E-state index is 0.0782. The van der Waals surface area contributed by atoms with Crippen molar-refractivity contribution in [3.8, 4) is 6.07 Å². The molecule has 4 heteroatoms. The van der Waals surface area contributed by atoms with Gasteiger partial charge in [-0.1, -0.05) is 6.07 Å². The van der Waals surface area contributed by atoms with Crippen LogP contribution in [0.1, 0.15) is 12.5 Å². The molecule has 0 aliphatic heterocycles. The predicted molar refractivity (Wildman–Crippen MR) is 65.1 cm³/mol.